The summed E-state index contributed by atoms with van der Waals surface area (Å²) in [6, 6.07) is 28.5. The van der Waals surface area contributed by atoms with Gasteiger partial charge in [-0.25, -0.2) is 12.2 Å². The molecule has 1 aliphatic rings. The van der Waals surface area contributed by atoms with E-state index in [-0.39, 0.29) is 24.8 Å². The van der Waals surface area contributed by atoms with Crippen LogP contribution in [0.25, 0.3) is 43.1 Å². The first-order valence-corrected chi connectivity index (χ1v) is 11.5. The molecular formula is C29H24Cl2Zr-2. The van der Waals surface area contributed by atoms with Crippen LogP contribution < -0.4 is 24.8 Å². The van der Waals surface area contributed by atoms with E-state index in [0.29, 0.717) is 0 Å². The average molecular weight is 535 g/mol. The Bertz CT molecular complexity index is 1390. The Hall–Kier alpha value is -1.92. The standard InChI is InChI=1S/C21H13.C5H5.C3H6.2ClH.Zr/c1-2-8-15-14(7-1)13-20-18-11-4-3-9-16(18)17-10-5-6-12-19(17)21(15)20;1-2-4-5-3-1;1-3-2;;;/h1-13H;1-3H,4H2;1-2H3;2*1H;/q2*-1;;;;+2/p-2. The largest absolute Gasteiger partial charge is 1.00 e. The zero-order valence-electron chi connectivity index (χ0n) is 18.2. The molecule has 0 nitrogen and oxygen atoms in total. The summed E-state index contributed by atoms with van der Waals surface area (Å²) in [6.07, 6.45) is 10.0. The third-order valence-electron chi connectivity index (χ3n) is 5.09. The van der Waals surface area contributed by atoms with Gasteiger partial charge in [0.05, 0.1) is 0 Å². The molecule has 6 rings (SSSR count). The van der Waals surface area contributed by atoms with E-state index in [1.807, 2.05) is 12.2 Å². The number of allylic oxidation sites excluding steroid dienone is 4. The van der Waals surface area contributed by atoms with Crippen molar-refractivity contribution in [3.63, 3.8) is 0 Å². The molecule has 0 atom stereocenters. The second kappa shape index (κ2) is 12.4. The third-order valence-corrected chi connectivity index (χ3v) is 5.09. The van der Waals surface area contributed by atoms with E-state index in [0.717, 1.165) is 6.42 Å². The molecule has 0 amide bonds. The van der Waals surface area contributed by atoms with Gasteiger partial charge in [-0.3, -0.25) is 6.08 Å². The number of rotatable bonds is 0. The Morgan fingerprint density at radius 1 is 0.750 bits per heavy atom. The number of benzene rings is 4. The van der Waals surface area contributed by atoms with Gasteiger partial charge in [-0.1, -0.05) is 77.5 Å². The van der Waals surface area contributed by atoms with Crippen molar-refractivity contribution in [2.24, 2.45) is 0 Å². The van der Waals surface area contributed by atoms with E-state index in [2.05, 4.69) is 105 Å². The Balaban J connectivity index is 0.000000282. The molecule has 0 N–H and O–H groups in total. The van der Waals surface area contributed by atoms with E-state index in [9.17, 15) is 0 Å². The van der Waals surface area contributed by atoms with Gasteiger partial charge in [0.15, 0.2) is 0 Å². The molecule has 5 aromatic carbocycles. The molecule has 0 unspecified atom stereocenters. The molecule has 1 aliphatic carbocycles. The summed E-state index contributed by atoms with van der Waals surface area (Å²) in [7, 11) is 0. The van der Waals surface area contributed by atoms with Crippen LogP contribution in [-0.2, 0) is 24.2 Å². The predicted octanol–water partition coefficient (Wildman–Crippen LogP) is 2.08. The normalized spacial score (nSPS) is 11.4. The van der Waals surface area contributed by atoms with Crippen molar-refractivity contribution in [2.75, 3.05) is 0 Å². The van der Waals surface area contributed by atoms with E-state index < -0.39 is 0 Å². The summed E-state index contributed by atoms with van der Waals surface area (Å²) in [6.45, 7) is 4.25. The van der Waals surface area contributed by atoms with Crippen molar-refractivity contribution >= 4 is 46.3 Å². The van der Waals surface area contributed by atoms with Crippen molar-refractivity contribution in [1.29, 1.82) is 0 Å². The van der Waals surface area contributed by atoms with E-state index in [1.54, 1.807) is 24.2 Å². The Labute approximate surface area is 217 Å². The molecule has 32 heavy (non-hydrogen) atoms. The summed E-state index contributed by atoms with van der Waals surface area (Å²) in [5, 5.41) is 10.8. The van der Waals surface area contributed by atoms with Gasteiger partial charge in [-0.15, -0.1) is 40.1 Å². The molecule has 0 saturated heterocycles. The van der Waals surface area contributed by atoms with Crippen LogP contribution in [-0.4, -0.2) is 3.21 Å². The van der Waals surface area contributed by atoms with Gasteiger partial charge in [0.25, 0.3) is 0 Å². The minimum absolute atomic E-state index is 0. The molecule has 0 spiro atoms. The van der Waals surface area contributed by atoms with E-state index in [1.165, 1.54) is 46.3 Å². The van der Waals surface area contributed by atoms with Crippen LogP contribution in [0.15, 0.2) is 97.1 Å². The maximum Gasteiger partial charge on any atom is -0.0255 e. The van der Waals surface area contributed by atoms with Crippen LogP contribution in [0.5, 0.6) is 0 Å². The van der Waals surface area contributed by atoms with Crippen molar-refractivity contribution in [2.45, 2.75) is 20.3 Å². The van der Waals surface area contributed by atoms with Crippen LogP contribution in [0.1, 0.15) is 20.3 Å². The molecule has 0 heterocycles. The number of fused-ring (bicyclic) bond motifs is 8. The summed E-state index contributed by atoms with van der Waals surface area (Å²) < 4.78 is 1.51. The maximum absolute atomic E-state index is 2.99. The molecule has 0 aliphatic heterocycles. The van der Waals surface area contributed by atoms with Crippen LogP contribution in [0.4, 0.5) is 0 Å². The monoisotopic (exact) mass is 532 g/mol. The maximum atomic E-state index is 2.99. The average Bonchev–Trinajstić information content (AvgIpc) is 3.45. The SMILES string of the molecule is C[C](C)=[Zr+2].[C-]1=CC=CC1.[Cl-].[Cl-].c1ccc2c(c1)[cH-]c1c3ccccc3c3ccccc3c21. The van der Waals surface area contributed by atoms with E-state index in [4.69, 9.17) is 0 Å². The van der Waals surface area contributed by atoms with Gasteiger partial charge >= 0.3 is 41.3 Å². The Morgan fingerprint density at radius 2 is 1.25 bits per heavy atom. The fourth-order valence-electron chi connectivity index (χ4n) is 3.95. The van der Waals surface area contributed by atoms with Crippen molar-refractivity contribution < 1.29 is 49.0 Å². The van der Waals surface area contributed by atoms with Gasteiger partial charge in [0.1, 0.15) is 0 Å². The fraction of sp³-hybridized carbons (Fsp3) is 0.103. The molecule has 160 valence electrons. The Kier molecular flexibility index (Phi) is 10.2. The second-order valence-corrected chi connectivity index (χ2v) is 10.1. The first-order valence-electron chi connectivity index (χ1n) is 10.3. The quantitative estimate of drug-likeness (QED) is 0.211. The van der Waals surface area contributed by atoms with Crippen molar-refractivity contribution in [1.82, 2.24) is 0 Å². The predicted molar refractivity (Wildman–Crippen MR) is 130 cm³/mol. The zero-order chi connectivity index (χ0) is 20.9. The van der Waals surface area contributed by atoms with Crippen LogP contribution in [0, 0.1) is 6.08 Å². The number of hydrogen-bond acceptors (Lipinski definition) is 0. The topological polar surface area (TPSA) is 0 Å². The first kappa shape index (κ1) is 26.3. The molecule has 0 saturated carbocycles. The van der Waals surface area contributed by atoms with Gasteiger partial charge in [-0.2, -0.15) is 6.08 Å². The molecule has 0 aromatic heterocycles. The van der Waals surface area contributed by atoms with Gasteiger partial charge < -0.3 is 24.8 Å². The summed E-state index contributed by atoms with van der Waals surface area (Å²) in [5.41, 5.74) is 0. The minimum Gasteiger partial charge on any atom is -1.00 e. The van der Waals surface area contributed by atoms with Gasteiger partial charge in [0.2, 0.25) is 0 Å². The van der Waals surface area contributed by atoms with Crippen LogP contribution in [0.3, 0.4) is 0 Å². The fourth-order valence-corrected chi connectivity index (χ4v) is 3.95. The molecule has 3 heteroatoms. The zero-order valence-corrected chi connectivity index (χ0v) is 22.2. The first-order chi connectivity index (χ1) is 14.7. The summed E-state index contributed by atoms with van der Waals surface area (Å²) >= 11 is 1.55. The van der Waals surface area contributed by atoms with Gasteiger partial charge in [0, 0.05) is 0 Å². The molecular weight excluding hydrogens is 510 g/mol. The molecule has 0 fully saturated rings. The van der Waals surface area contributed by atoms with Crippen LogP contribution in [0.2, 0.25) is 0 Å². The summed E-state index contributed by atoms with van der Waals surface area (Å²) in [4.78, 5) is 0. The van der Waals surface area contributed by atoms with Crippen LogP contribution >= 0.6 is 0 Å². The second-order valence-electron chi connectivity index (χ2n) is 7.61. The number of halogens is 2. The third kappa shape index (κ3) is 5.71. The smallest absolute Gasteiger partial charge is 0.0255 e. The summed E-state index contributed by atoms with van der Waals surface area (Å²) in [5.74, 6) is 0. The van der Waals surface area contributed by atoms with Crippen molar-refractivity contribution in [3.8, 4) is 0 Å². The minimum atomic E-state index is 0. The Morgan fingerprint density at radius 3 is 1.78 bits per heavy atom. The molecule has 0 bridgehead atoms. The molecule has 5 aromatic rings. The number of hydrogen-bond donors (Lipinski definition) is 0. The molecule has 0 radical (unpaired) electrons. The van der Waals surface area contributed by atoms with Crippen molar-refractivity contribution in [3.05, 3.63) is 103 Å². The van der Waals surface area contributed by atoms with Gasteiger partial charge in [-0.05, 0) is 10.8 Å². The van der Waals surface area contributed by atoms with E-state index >= 15 is 0 Å².